The van der Waals surface area contributed by atoms with Crippen molar-refractivity contribution < 1.29 is 72.1 Å². The summed E-state index contributed by atoms with van der Waals surface area (Å²) in [5, 5.41) is 22.9. The third-order valence-corrected chi connectivity index (χ3v) is 10.3. The number of fused-ring (bicyclic) bond motifs is 4. The Kier molecular flexibility index (Phi) is 9.63. The van der Waals surface area contributed by atoms with Crippen molar-refractivity contribution in [3.8, 4) is 0 Å². The van der Waals surface area contributed by atoms with Gasteiger partial charge in [0.15, 0.2) is 12.2 Å². The van der Waals surface area contributed by atoms with Crippen molar-refractivity contribution in [2.45, 2.75) is 123 Å². The van der Waals surface area contributed by atoms with Crippen LogP contribution in [0.1, 0.15) is 75.2 Å². The molecule has 0 aromatic rings. The molecular weight excluding hydrogens is 624 g/mol. The van der Waals surface area contributed by atoms with Crippen LogP contribution >= 0.6 is 0 Å². The zero-order chi connectivity index (χ0) is 35.4. The molecule has 2 bridgehead atoms. The Morgan fingerprint density at radius 2 is 1.26 bits per heavy atom. The van der Waals surface area contributed by atoms with Crippen molar-refractivity contribution >= 4 is 35.8 Å². The third kappa shape index (κ3) is 6.01. The molecule has 0 radical (unpaired) electrons. The zero-order valence-electron chi connectivity index (χ0n) is 28.1. The Bertz CT molecular complexity index is 1380. The summed E-state index contributed by atoms with van der Waals surface area (Å²) in [6, 6.07) is 0. The van der Waals surface area contributed by atoms with Gasteiger partial charge in [-0.1, -0.05) is 20.8 Å². The van der Waals surface area contributed by atoms with E-state index in [0.29, 0.717) is 5.57 Å². The van der Waals surface area contributed by atoms with E-state index >= 15 is 0 Å². The molecule has 15 heteroatoms. The highest BCUT2D eigenvalue weighted by Gasteiger charge is 2.80. The molecule has 10 atom stereocenters. The van der Waals surface area contributed by atoms with Gasteiger partial charge >= 0.3 is 35.8 Å². The van der Waals surface area contributed by atoms with Gasteiger partial charge in [-0.25, -0.2) is 4.79 Å². The number of hydrogen-bond acceptors (Lipinski definition) is 15. The first-order valence-electron chi connectivity index (χ1n) is 15.4. The van der Waals surface area contributed by atoms with Crippen LogP contribution in [0.2, 0.25) is 0 Å². The van der Waals surface area contributed by atoms with Gasteiger partial charge in [0.05, 0.1) is 12.0 Å². The van der Waals surface area contributed by atoms with Crippen LogP contribution < -0.4 is 0 Å². The molecule has 3 fully saturated rings. The minimum Gasteiger partial charge on any atom is -0.462 e. The molecule has 0 aromatic heterocycles. The molecule has 0 unspecified atom stereocenters. The second kappa shape index (κ2) is 12.5. The Hall–Kier alpha value is -3.56. The van der Waals surface area contributed by atoms with Crippen molar-refractivity contribution in [2.75, 3.05) is 13.2 Å². The molecule has 0 aromatic carbocycles. The number of carbonyl (C=O) groups is 6. The summed E-state index contributed by atoms with van der Waals surface area (Å²) in [6.45, 7) is 11.0. The SMILES string of the molecule is CC(=O)O[C@H]1C[C@@]2(O)[C@@H](OC(C)=O)[C@@H]3[C@@]4(CO4)[C@@H](OC(C)=O)C[C@H](OC(C)=O)[C@@]3(C)[C@@H](OC(C)=O)[C@H](OC(=O)CO)C(=C1C)C2(C)C. The van der Waals surface area contributed by atoms with Crippen LogP contribution in [0.4, 0.5) is 0 Å². The molecule has 1 saturated heterocycles. The Morgan fingerprint density at radius 3 is 1.72 bits per heavy atom. The summed E-state index contributed by atoms with van der Waals surface area (Å²) in [5.41, 5.74) is -6.34. The summed E-state index contributed by atoms with van der Waals surface area (Å²) in [7, 11) is 0. The van der Waals surface area contributed by atoms with E-state index in [9.17, 15) is 39.0 Å². The molecule has 3 aliphatic carbocycles. The molecule has 0 amide bonds. The van der Waals surface area contributed by atoms with Crippen LogP contribution in [-0.4, -0.2) is 107 Å². The van der Waals surface area contributed by atoms with Gasteiger partial charge in [-0.2, -0.15) is 0 Å². The predicted molar refractivity (Wildman–Crippen MR) is 156 cm³/mol. The molecule has 15 nitrogen and oxygen atoms in total. The summed E-state index contributed by atoms with van der Waals surface area (Å²) in [5.74, 6) is -6.21. The molecule has 262 valence electrons. The first kappa shape index (κ1) is 36.3. The predicted octanol–water partition coefficient (Wildman–Crippen LogP) is 0.835. The van der Waals surface area contributed by atoms with Gasteiger partial charge in [-0.05, 0) is 18.1 Å². The Balaban J connectivity index is 2.21. The van der Waals surface area contributed by atoms with E-state index in [-0.39, 0.29) is 25.0 Å². The largest absolute Gasteiger partial charge is 0.462 e. The van der Waals surface area contributed by atoms with Gasteiger partial charge in [0.1, 0.15) is 42.2 Å². The van der Waals surface area contributed by atoms with Crippen LogP contribution in [0.15, 0.2) is 11.1 Å². The maximum atomic E-state index is 13.1. The topological polar surface area (TPSA) is 211 Å². The van der Waals surface area contributed by atoms with Crippen molar-refractivity contribution in [1.29, 1.82) is 0 Å². The fourth-order valence-corrected chi connectivity index (χ4v) is 8.43. The normalized spacial score (nSPS) is 38.5. The van der Waals surface area contributed by atoms with Gasteiger partial charge in [0, 0.05) is 58.8 Å². The highest BCUT2D eigenvalue weighted by Crippen LogP contribution is 2.67. The average Bonchev–Trinajstić information content (AvgIpc) is 3.71. The zero-order valence-corrected chi connectivity index (χ0v) is 28.1. The number of carbonyl (C=O) groups excluding carboxylic acids is 6. The van der Waals surface area contributed by atoms with E-state index in [1.807, 2.05) is 0 Å². The lowest BCUT2D eigenvalue weighted by molar-refractivity contribution is -0.285. The van der Waals surface area contributed by atoms with Crippen molar-refractivity contribution in [1.82, 2.24) is 0 Å². The fraction of sp³-hybridized carbons (Fsp3) is 0.750. The van der Waals surface area contributed by atoms with E-state index in [1.165, 1.54) is 13.8 Å². The molecule has 1 spiro atoms. The van der Waals surface area contributed by atoms with Crippen molar-refractivity contribution in [3.63, 3.8) is 0 Å². The van der Waals surface area contributed by atoms with E-state index in [0.717, 1.165) is 20.8 Å². The first-order valence-corrected chi connectivity index (χ1v) is 15.4. The number of epoxide rings is 1. The summed E-state index contributed by atoms with van der Waals surface area (Å²) < 4.78 is 41.3. The summed E-state index contributed by atoms with van der Waals surface area (Å²) in [6.07, 6.45) is -8.74. The van der Waals surface area contributed by atoms with Gasteiger partial charge < -0.3 is 43.4 Å². The summed E-state index contributed by atoms with van der Waals surface area (Å²) >= 11 is 0. The van der Waals surface area contributed by atoms with Gasteiger partial charge in [0.25, 0.3) is 0 Å². The van der Waals surface area contributed by atoms with Crippen LogP contribution in [0.3, 0.4) is 0 Å². The van der Waals surface area contributed by atoms with E-state index in [1.54, 1.807) is 27.7 Å². The number of aliphatic hydroxyl groups is 2. The molecule has 4 rings (SSSR count). The average molecular weight is 669 g/mol. The van der Waals surface area contributed by atoms with Gasteiger partial charge in [0.2, 0.25) is 0 Å². The van der Waals surface area contributed by atoms with Crippen LogP contribution in [0.5, 0.6) is 0 Å². The second-order valence-electron chi connectivity index (χ2n) is 13.6. The van der Waals surface area contributed by atoms with Crippen LogP contribution in [0.25, 0.3) is 0 Å². The molecule has 1 heterocycles. The number of aliphatic hydroxyl groups excluding tert-OH is 1. The van der Waals surface area contributed by atoms with E-state index < -0.39 is 107 Å². The molecule has 2 saturated carbocycles. The monoisotopic (exact) mass is 668 g/mol. The third-order valence-electron chi connectivity index (χ3n) is 10.3. The van der Waals surface area contributed by atoms with Gasteiger partial charge in [-0.3, -0.25) is 24.0 Å². The number of esters is 6. The summed E-state index contributed by atoms with van der Waals surface area (Å²) in [4.78, 5) is 76.3. The quantitative estimate of drug-likeness (QED) is 0.167. The number of rotatable bonds is 7. The Labute approximate surface area is 272 Å². The van der Waals surface area contributed by atoms with Crippen molar-refractivity contribution in [2.24, 2.45) is 16.7 Å². The highest BCUT2D eigenvalue weighted by atomic mass is 16.6. The lowest BCUT2D eigenvalue weighted by atomic mass is 9.45. The minimum absolute atomic E-state index is 0.0742. The smallest absolute Gasteiger partial charge is 0.332 e. The minimum atomic E-state index is -2.15. The van der Waals surface area contributed by atoms with Crippen molar-refractivity contribution in [3.05, 3.63) is 11.1 Å². The van der Waals surface area contributed by atoms with E-state index in [2.05, 4.69) is 0 Å². The maximum absolute atomic E-state index is 13.1. The van der Waals surface area contributed by atoms with Crippen LogP contribution in [-0.2, 0) is 61.9 Å². The lowest BCUT2D eigenvalue weighted by Gasteiger charge is -2.64. The highest BCUT2D eigenvalue weighted by molar-refractivity contribution is 5.72. The maximum Gasteiger partial charge on any atom is 0.332 e. The lowest BCUT2D eigenvalue weighted by Crippen LogP contribution is -2.76. The van der Waals surface area contributed by atoms with Gasteiger partial charge in [-0.15, -0.1) is 0 Å². The molecule has 1 aliphatic heterocycles. The number of ether oxygens (including phenoxy) is 7. The molecule has 4 aliphatic rings. The Morgan fingerprint density at radius 1 is 0.766 bits per heavy atom. The second-order valence-corrected chi connectivity index (χ2v) is 13.6. The number of hydrogen-bond donors (Lipinski definition) is 2. The molecule has 47 heavy (non-hydrogen) atoms. The van der Waals surface area contributed by atoms with E-state index in [4.69, 9.17) is 33.2 Å². The van der Waals surface area contributed by atoms with Crippen LogP contribution in [0, 0.1) is 16.7 Å². The first-order chi connectivity index (χ1) is 21.7. The molecule has 2 N–H and O–H groups in total. The standard InChI is InChI=1S/C32H44O15/c1-14-20(42-15(2)34)11-32(40)28(46-19(6)38)26-30(9,21(43-16(3)35)10-22(44-17(4)36)31(26)13-41-31)27(45-18(5)37)25(47-23(39)12-33)24(14)29(32,7)8/h20-22,25-28,33,40H,10-13H2,1-9H3/t20-,21-,22-,25+,26-,27-,28-,30+,31+,32+/m0/s1. The fourth-order valence-electron chi connectivity index (χ4n) is 8.43. The molecular formula is C32H44O15.